The molecule has 5 aliphatic heterocycles. The quantitative estimate of drug-likeness (QED) is 0.0594. The standard InChI is InChI=1S/C24H32O8.C21H28O8.C16H18O9/c1-4-24(9-5-6-10-24)32-23(28)18-15-12-14-17(18)22(27)31-20(14)19(15)30-16(25)8-7-11-29-21(26)13(2)3;1-10(2)18(23)26-8-6-7-13(22)27-16-12-9-11-14(19(24)28-17(11)16)15(12)20(25)29-21(3,4)5;1-3-7(17)22-6-4-5-8(18)23-13-11-9(15(19)21-2)10-12(24-11)14(13)25-16(10)20/h14-15,17-20H,2,4-12H2,1,3H3;11-12,14-17H,1,6-9H2,2-5H3;3,9-14H,1,4-6H2,2H3. The van der Waals surface area contributed by atoms with E-state index in [4.69, 9.17) is 61.6 Å². The molecule has 10 rings (SSSR count). The maximum Gasteiger partial charge on any atom is 0.333 e. The Morgan fingerprint density at radius 3 is 1.45 bits per heavy atom. The number of esters is 12. The van der Waals surface area contributed by atoms with Crippen LogP contribution >= 0.6 is 0 Å². The highest BCUT2D eigenvalue weighted by atomic mass is 16.7. The topological polar surface area (TPSA) is 325 Å². The molecule has 25 heteroatoms. The van der Waals surface area contributed by atoms with Gasteiger partial charge in [-0.05, 0) is 98.8 Å². The second kappa shape index (κ2) is 26.8. The number of rotatable bonds is 23. The SMILES string of the molecule is C=C(C)C(=O)OCCCC(=O)OC1C2CC3C1OC(=O)C3C2C(=O)OC(C)(C)C.C=C(C)C(=O)OCCCC(=O)OC1C2CC3C1OC(=O)C3C2C(=O)OC1(CC)CCCC1.C=CC(=O)OCCCC(=O)OC1C2OC(=O)C3C2OC1C3C(=O)OC. The van der Waals surface area contributed by atoms with Crippen molar-refractivity contribution in [3.63, 3.8) is 0 Å². The fourth-order valence-electron chi connectivity index (χ4n) is 14.1. The smallest absolute Gasteiger partial charge is 0.333 e. The first-order valence-electron chi connectivity index (χ1n) is 29.6. The number of carbonyl (C=O) groups is 12. The molecule has 0 N–H and O–H groups in total. The van der Waals surface area contributed by atoms with Crippen molar-refractivity contribution in [1.82, 2.24) is 0 Å². The molecule has 86 heavy (non-hydrogen) atoms. The molecule has 5 heterocycles. The number of hydrogen-bond acceptors (Lipinski definition) is 25. The summed E-state index contributed by atoms with van der Waals surface area (Å²) in [5, 5.41) is 0. The molecule has 5 saturated carbocycles. The van der Waals surface area contributed by atoms with Gasteiger partial charge < -0.3 is 61.6 Å². The summed E-state index contributed by atoms with van der Waals surface area (Å²) >= 11 is 0. The van der Waals surface area contributed by atoms with E-state index in [0.717, 1.165) is 38.2 Å². The maximum atomic E-state index is 13.2. The normalized spacial score (nSPS) is 33.3. The Kier molecular flexibility index (Phi) is 20.2. The molecule has 0 aromatic heterocycles. The van der Waals surface area contributed by atoms with Crippen LogP contribution in [0.15, 0.2) is 37.0 Å². The Balaban J connectivity index is 0.000000169. The molecule has 0 radical (unpaired) electrons. The molecule has 0 amide bonds. The van der Waals surface area contributed by atoms with E-state index in [1.165, 1.54) is 7.11 Å². The fourth-order valence-corrected chi connectivity index (χ4v) is 14.1. The second-order valence-corrected chi connectivity index (χ2v) is 24.7. The fraction of sp³-hybridized carbons (Fsp3) is 0.705. The number of fused-ring (bicyclic) bond motifs is 3. The molecule has 18 unspecified atom stereocenters. The van der Waals surface area contributed by atoms with Crippen molar-refractivity contribution in [2.75, 3.05) is 26.9 Å². The molecule has 472 valence electrons. The van der Waals surface area contributed by atoms with Crippen LogP contribution in [-0.2, 0) is 119 Å². The van der Waals surface area contributed by atoms with Crippen molar-refractivity contribution in [3.05, 3.63) is 37.0 Å². The highest BCUT2D eigenvalue weighted by Crippen LogP contribution is 2.61. The predicted molar refractivity (Wildman–Crippen MR) is 288 cm³/mol. The van der Waals surface area contributed by atoms with Crippen LogP contribution in [0.3, 0.4) is 0 Å². The summed E-state index contributed by atoms with van der Waals surface area (Å²) in [4.78, 5) is 145. The van der Waals surface area contributed by atoms with Crippen molar-refractivity contribution in [2.24, 2.45) is 59.2 Å². The summed E-state index contributed by atoms with van der Waals surface area (Å²) < 4.78 is 69.5. The van der Waals surface area contributed by atoms with E-state index in [9.17, 15) is 57.5 Å². The highest BCUT2D eigenvalue weighted by molar-refractivity contribution is 5.90. The van der Waals surface area contributed by atoms with Crippen LogP contribution < -0.4 is 0 Å². The van der Waals surface area contributed by atoms with Crippen molar-refractivity contribution in [3.8, 4) is 0 Å². The molecule has 10 aliphatic rings. The van der Waals surface area contributed by atoms with Gasteiger partial charge in [0.05, 0.1) is 50.6 Å². The third-order valence-electron chi connectivity index (χ3n) is 17.8. The van der Waals surface area contributed by atoms with Gasteiger partial charge in [0.15, 0.2) is 12.2 Å². The van der Waals surface area contributed by atoms with Crippen molar-refractivity contribution in [2.45, 2.75) is 185 Å². The zero-order chi connectivity index (χ0) is 62.7. The maximum absolute atomic E-state index is 13.2. The lowest BCUT2D eigenvalue weighted by Crippen LogP contribution is -2.47. The largest absolute Gasteiger partial charge is 0.469 e. The van der Waals surface area contributed by atoms with Gasteiger partial charge in [0.25, 0.3) is 0 Å². The molecule has 18 atom stereocenters. The van der Waals surface area contributed by atoms with E-state index in [-0.39, 0.29) is 81.1 Å². The number of ether oxygens (including phenoxy) is 13. The number of methoxy groups -OCH3 is 1. The Morgan fingerprint density at radius 1 is 0.570 bits per heavy atom. The van der Waals surface area contributed by atoms with Crippen LogP contribution in [0.2, 0.25) is 0 Å². The van der Waals surface area contributed by atoms with Gasteiger partial charge in [0.1, 0.15) is 59.7 Å². The summed E-state index contributed by atoms with van der Waals surface area (Å²) in [5.74, 6) is -10.4. The Bertz CT molecular complexity index is 2730. The van der Waals surface area contributed by atoms with Crippen LogP contribution in [0.25, 0.3) is 0 Å². The Labute approximate surface area is 497 Å². The lowest BCUT2D eigenvalue weighted by molar-refractivity contribution is -0.175. The zero-order valence-corrected chi connectivity index (χ0v) is 49.6. The molecule has 25 nitrogen and oxygen atoms in total. The van der Waals surface area contributed by atoms with Crippen LogP contribution in [0.5, 0.6) is 0 Å². The average molecular weight is 1210 g/mol. The van der Waals surface area contributed by atoms with E-state index in [1.807, 2.05) is 6.92 Å². The first kappa shape index (κ1) is 64.8. The molecule has 10 fully saturated rings. The first-order chi connectivity index (χ1) is 40.7. The molecule has 5 aliphatic carbocycles. The predicted octanol–water partition coefficient (Wildman–Crippen LogP) is 4.34. The zero-order valence-electron chi connectivity index (χ0n) is 49.6. The minimum atomic E-state index is -0.847. The summed E-state index contributed by atoms with van der Waals surface area (Å²) in [7, 11) is 1.22. The van der Waals surface area contributed by atoms with Gasteiger partial charge in [-0.1, -0.05) is 26.7 Å². The van der Waals surface area contributed by atoms with E-state index < -0.39 is 155 Å². The van der Waals surface area contributed by atoms with Crippen LogP contribution in [0, 0.1) is 59.2 Å². The molecule has 0 aromatic carbocycles. The highest BCUT2D eigenvalue weighted by Gasteiger charge is 2.73. The van der Waals surface area contributed by atoms with Crippen molar-refractivity contribution in [1.29, 1.82) is 0 Å². The van der Waals surface area contributed by atoms with E-state index in [1.54, 1.807) is 34.6 Å². The van der Waals surface area contributed by atoms with Crippen molar-refractivity contribution >= 4 is 71.6 Å². The van der Waals surface area contributed by atoms with Gasteiger partial charge in [0, 0.05) is 60.2 Å². The molecule has 0 aromatic rings. The second-order valence-electron chi connectivity index (χ2n) is 24.7. The van der Waals surface area contributed by atoms with Gasteiger partial charge in [-0.15, -0.1) is 0 Å². The van der Waals surface area contributed by atoms with Gasteiger partial charge >= 0.3 is 71.6 Å². The van der Waals surface area contributed by atoms with Crippen LogP contribution in [0.4, 0.5) is 0 Å². The van der Waals surface area contributed by atoms with Crippen LogP contribution in [0.1, 0.15) is 125 Å². The summed E-state index contributed by atoms with van der Waals surface area (Å²) in [5.41, 5.74) is -0.518. The molecule has 5 saturated heterocycles. The minimum Gasteiger partial charge on any atom is -0.469 e. The average Bonchev–Trinajstić information content (AvgIpc) is 1.60. The summed E-state index contributed by atoms with van der Waals surface area (Å²) in [6.45, 7) is 20.9. The molecule has 6 bridgehead atoms. The summed E-state index contributed by atoms with van der Waals surface area (Å²) in [6, 6.07) is 0. The number of carbonyl (C=O) groups excluding carboxylic acids is 12. The monoisotopic (exact) mass is 1210 g/mol. The van der Waals surface area contributed by atoms with Crippen LogP contribution in [-0.4, -0.2) is 159 Å². The van der Waals surface area contributed by atoms with E-state index in [2.05, 4.69) is 19.7 Å². The van der Waals surface area contributed by atoms with Crippen molar-refractivity contribution < 1.29 is 119 Å². The minimum absolute atomic E-state index is 0.00525. The first-order valence-corrected chi connectivity index (χ1v) is 29.6. The summed E-state index contributed by atoms with van der Waals surface area (Å²) in [6.07, 6.45) is 2.61. The van der Waals surface area contributed by atoms with Gasteiger partial charge in [-0.25, -0.2) is 14.4 Å². The van der Waals surface area contributed by atoms with E-state index >= 15 is 0 Å². The lowest BCUT2D eigenvalue weighted by atomic mass is 9.78. The van der Waals surface area contributed by atoms with Gasteiger partial charge in [-0.3, -0.25) is 43.2 Å². The Morgan fingerprint density at radius 2 is 1.01 bits per heavy atom. The molecule has 0 spiro atoms. The van der Waals surface area contributed by atoms with Gasteiger partial charge in [-0.2, -0.15) is 0 Å². The van der Waals surface area contributed by atoms with E-state index in [0.29, 0.717) is 36.8 Å². The lowest BCUT2D eigenvalue weighted by Gasteiger charge is -2.34. The number of hydrogen-bond donors (Lipinski definition) is 0. The van der Waals surface area contributed by atoms with Gasteiger partial charge in [0.2, 0.25) is 0 Å². The third-order valence-corrected chi connectivity index (χ3v) is 17.8. The molecular weight excluding hydrogens is 1130 g/mol. The Hall–Kier alpha value is -7.18. The molecular formula is C61H78O25. The third kappa shape index (κ3) is 13.7.